The van der Waals surface area contributed by atoms with Gasteiger partial charge in [-0.05, 0) is 35.0 Å². The lowest BCUT2D eigenvalue weighted by Gasteiger charge is -2.07. The molecule has 0 aliphatic rings. The van der Waals surface area contributed by atoms with Crippen LogP contribution in [0.5, 0.6) is 0 Å². The third kappa shape index (κ3) is 3.82. The molecular formula is C15H13BrN2O. The highest BCUT2D eigenvalue weighted by Crippen LogP contribution is 2.22. The summed E-state index contributed by atoms with van der Waals surface area (Å²) in [4.78, 5) is 11.6. The second-order valence-corrected chi connectivity index (χ2v) is 4.98. The molecule has 0 saturated carbocycles. The van der Waals surface area contributed by atoms with Crippen LogP contribution in [0.2, 0.25) is 0 Å². The SMILES string of the molecule is C#CCNCC(=O)Nc1ccc2cc(Br)ccc2c1. The number of carbonyl (C=O) groups excluding carboxylic acids is 1. The van der Waals surface area contributed by atoms with E-state index in [1.54, 1.807) is 0 Å². The second kappa shape index (κ2) is 6.37. The van der Waals surface area contributed by atoms with Crippen LogP contribution in [0.25, 0.3) is 10.8 Å². The minimum absolute atomic E-state index is 0.105. The van der Waals surface area contributed by atoms with Gasteiger partial charge in [0.25, 0.3) is 0 Å². The predicted molar refractivity (Wildman–Crippen MR) is 82.0 cm³/mol. The Hall–Kier alpha value is -1.83. The number of benzene rings is 2. The summed E-state index contributed by atoms with van der Waals surface area (Å²) in [6, 6.07) is 11.8. The van der Waals surface area contributed by atoms with Gasteiger partial charge in [-0.25, -0.2) is 0 Å². The maximum absolute atomic E-state index is 11.6. The van der Waals surface area contributed by atoms with E-state index in [2.05, 4.69) is 32.5 Å². The number of carbonyl (C=O) groups is 1. The summed E-state index contributed by atoms with van der Waals surface area (Å²) in [6.45, 7) is 0.599. The third-order valence-corrected chi connectivity index (χ3v) is 3.09. The Balaban J connectivity index is 2.07. The van der Waals surface area contributed by atoms with Crippen molar-refractivity contribution in [2.45, 2.75) is 0 Å². The molecule has 0 heterocycles. The molecule has 2 aromatic rings. The van der Waals surface area contributed by atoms with E-state index in [4.69, 9.17) is 6.42 Å². The Bertz CT molecular complexity index is 646. The average Bonchev–Trinajstić information content (AvgIpc) is 2.39. The van der Waals surface area contributed by atoms with Gasteiger partial charge in [0.05, 0.1) is 13.1 Å². The van der Waals surface area contributed by atoms with Crippen molar-refractivity contribution in [3.8, 4) is 12.3 Å². The van der Waals surface area contributed by atoms with Crippen molar-refractivity contribution < 1.29 is 4.79 Å². The molecular weight excluding hydrogens is 304 g/mol. The third-order valence-electron chi connectivity index (χ3n) is 2.60. The molecule has 0 bridgehead atoms. The van der Waals surface area contributed by atoms with Crippen molar-refractivity contribution in [1.29, 1.82) is 0 Å². The van der Waals surface area contributed by atoms with E-state index in [1.165, 1.54) is 0 Å². The fourth-order valence-electron chi connectivity index (χ4n) is 1.75. The standard InChI is InChI=1S/C15H13BrN2O/c1-2-7-17-10-15(19)18-14-6-4-11-8-13(16)5-3-12(11)9-14/h1,3-6,8-9,17H,7,10H2,(H,18,19). The van der Waals surface area contributed by atoms with Crippen molar-refractivity contribution in [2.24, 2.45) is 0 Å². The van der Waals surface area contributed by atoms with Gasteiger partial charge in [-0.3, -0.25) is 10.1 Å². The number of anilines is 1. The largest absolute Gasteiger partial charge is 0.325 e. The van der Waals surface area contributed by atoms with E-state index in [-0.39, 0.29) is 12.5 Å². The Morgan fingerprint density at radius 1 is 1.21 bits per heavy atom. The van der Waals surface area contributed by atoms with E-state index in [1.807, 2.05) is 36.4 Å². The average molecular weight is 317 g/mol. The Morgan fingerprint density at radius 3 is 2.74 bits per heavy atom. The van der Waals surface area contributed by atoms with Crippen molar-refractivity contribution in [1.82, 2.24) is 5.32 Å². The summed E-state index contributed by atoms with van der Waals surface area (Å²) in [7, 11) is 0. The first-order valence-electron chi connectivity index (χ1n) is 5.82. The van der Waals surface area contributed by atoms with Crippen molar-refractivity contribution in [2.75, 3.05) is 18.4 Å². The molecule has 0 saturated heterocycles. The van der Waals surface area contributed by atoms with Crippen LogP contribution in [0.4, 0.5) is 5.69 Å². The fourth-order valence-corrected chi connectivity index (χ4v) is 2.13. The Morgan fingerprint density at radius 2 is 1.95 bits per heavy atom. The summed E-state index contributed by atoms with van der Waals surface area (Å²) in [5.41, 5.74) is 0.780. The van der Waals surface area contributed by atoms with Gasteiger partial charge in [0, 0.05) is 10.2 Å². The van der Waals surface area contributed by atoms with Crippen LogP contribution < -0.4 is 10.6 Å². The lowest BCUT2D eigenvalue weighted by atomic mass is 10.1. The minimum Gasteiger partial charge on any atom is -0.325 e. The highest BCUT2D eigenvalue weighted by molar-refractivity contribution is 9.10. The highest BCUT2D eigenvalue weighted by atomic mass is 79.9. The first kappa shape index (κ1) is 13.6. The van der Waals surface area contributed by atoms with Crippen LogP contribution in [0, 0.1) is 12.3 Å². The molecule has 4 heteroatoms. The van der Waals surface area contributed by atoms with Crippen molar-refractivity contribution in [3.63, 3.8) is 0 Å². The van der Waals surface area contributed by atoms with Crippen LogP contribution in [0.1, 0.15) is 0 Å². The smallest absolute Gasteiger partial charge is 0.238 e. The van der Waals surface area contributed by atoms with Gasteiger partial charge in [-0.1, -0.05) is 34.0 Å². The first-order chi connectivity index (χ1) is 9.19. The van der Waals surface area contributed by atoms with Crippen molar-refractivity contribution in [3.05, 3.63) is 40.9 Å². The molecule has 0 aliphatic carbocycles. The van der Waals surface area contributed by atoms with Gasteiger partial charge >= 0.3 is 0 Å². The van der Waals surface area contributed by atoms with Gasteiger partial charge in [0.1, 0.15) is 0 Å². The minimum atomic E-state index is -0.105. The normalized spacial score (nSPS) is 10.1. The molecule has 0 unspecified atom stereocenters. The van der Waals surface area contributed by atoms with E-state index in [0.717, 1.165) is 20.9 Å². The lowest BCUT2D eigenvalue weighted by Crippen LogP contribution is -2.28. The molecule has 0 radical (unpaired) electrons. The molecule has 0 aliphatic heterocycles. The summed E-state index contributed by atoms with van der Waals surface area (Å²) < 4.78 is 1.04. The highest BCUT2D eigenvalue weighted by Gasteiger charge is 2.02. The molecule has 0 aromatic heterocycles. The maximum atomic E-state index is 11.6. The topological polar surface area (TPSA) is 41.1 Å². The molecule has 1 amide bonds. The van der Waals surface area contributed by atoms with Gasteiger partial charge in [0.2, 0.25) is 5.91 Å². The lowest BCUT2D eigenvalue weighted by molar-refractivity contribution is -0.115. The van der Waals surface area contributed by atoms with Gasteiger partial charge < -0.3 is 5.32 Å². The first-order valence-corrected chi connectivity index (χ1v) is 6.62. The van der Waals surface area contributed by atoms with E-state index >= 15 is 0 Å². The Labute approximate surface area is 120 Å². The second-order valence-electron chi connectivity index (χ2n) is 4.06. The summed E-state index contributed by atoms with van der Waals surface area (Å²) in [5.74, 6) is 2.32. The van der Waals surface area contributed by atoms with Gasteiger partial charge in [-0.15, -0.1) is 6.42 Å². The monoisotopic (exact) mass is 316 g/mol. The zero-order valence-electron chi connectivity index (χ0n) is 10.2. The van der Waals surface area contributed by atoms with E-state index in [0.29, 0.717) is 6.54 Å². The number of terminal acetylenes is 1. The molecule has 3 nitrogen and oxygen atoms in total. The molecule has 96 valence electrons. The fraction of sp³-hybridized carbons (Fsp3) is 0.133. The van der Waals surface area contributed by atoms with Crippen LogP contribution in [-0.2, 0) is 4.79 Å². The van der Waals surface area contributed by atoms with E-state index in [9.17, 15) is 4.79 Å². The predicted octanol–water partition coefficient (Wildman–Crippen LogP) is 2.76. The molecule has 2 aromatic carbocycles. The molecule has 2 rings (SSSR count). The number of nitrogens with one attached hydrogen (secondary N) is 2. The van der Waals surface area contributed by atoms with Crippen LogP contribution in [-0.4, -0.2) is 19.0 Å². The number of rotatable bonds is 4. The number of halogens is 1. The van der Waals surface area contributed by atoms with Gasteiger partial charge in [0.15, 0.2) is 0 Å². The van der Waals surface area contributed by atoms with Gasteiger partial charge in [-0.2, -0.15) is 0 Å². The van der Waals surface area contributed by atoms with Crippen LogP contribution in [0.15, 0.2) is 40.9 Å². The zero-order valence-corrected chi connectivity index (χ0v) is 11.8. The summed E-state index contributed by atoms with van der Waals surface area (Å²) >= 11 is 3.43. The molecule has 2 N–H and O–H groups in total. The van der Waals surface area contributed by atoms with E-state index < -0.39 is 0 Å². The number of hydrogen-bond donors (Lipinski definition) is 2. The number of hydrogen-bond acceptors (Lipinski definition) is 2. The summed E-state index contributed by atoms with van der Waals surface area (Å²) in [6.07, 6.45) is 5.09. The summed E-state index contributed by atoms with van der Waals surface area (Å²) in [5, 5.41) is 7.88. The van der Waals surface area contributed by atoms with Crippen LogP contribution >= 0.6 is 15.9 Å². The zero-order chi connectivity index (χ0) is 13.7. The number of fused-ring (bicyclic) bond motifs is 1. The molecule has 0 fully saturated rings. The maximum Gasteiger partial charge on any atom is 0.238 e. The molecule has 19 heavy (non-hydrogen) atoms. The molecule has 0 spiro atoms. The number of amides is 1. The van der Waals surface area contributed by atoms with Crippen LogP contribution in [0.3, 0.4) is 0 Å². The Kier molecular flexibility index (Phi) is 4.56. The van der Waals surface area contributed by atoms with Crippen molar-refractivity contribution >= 4 is 38.3 Å². The molecule has 0 atom stereocenters. The quantitative estimate of drug-likeness (QED) is 0.672.